The number of likely N-dealkylation sites (tertiary alicyclic amines) is 1. The van der Waals surface area contributed by atoms with Gasteiger partial charge in [0.25, 0.3) is 0 Å². The number of rotatable bonds is 5. The van der Waals surface area contributed by atoms with Crippen LogP contribution in [0.4, 0.5) is 0 Å². The summed E-state index contributed by atoms with van der Waals surface area (Å²) in [6, 6.07) is 13.2. The molecule has 9 nitrogen and oxygen atoms in total. The van der Waals surface area contributed by atoms with Crippen LogP contribution >= 0.6 is 0 Å². The molecule has 6 bridgehead atoms. The summed E-state index contributed by atoms with van der Waals surface area (Å²) in [7, 11) is 6.99. The van der Waals surface area contributed by atoms with E-state index in [1.165, 1.54) is 41.3 Å². The number of fused-ring (bicyclic) bond motifs is 9. The number of hydrogen-bond acceptors (Lipinski definition) is 7. The van der Waals surface area contributed by atoms with Gasteiger partial charge in [-0.25, -0.2) is 0 Å². The van der Waals surface area contributed by atoms with Crippen LogP contribution in [0.2, 0.25) is 0 Å². The fourth-order valence-electron chi connectivity index (χ4n) is 12.1. The Bertz CT molecular complexity index is 2110. The molecule has 2 aliphatic carbocycles. The molecular weight excluding hydrogens is 652 g/mol. The summed E-state index contributed by atoms with van der Waals surface area (Å²) in [5.74, 6) is 1.11. The molecule has 4 fully saturated rings. The number of aromatic nitrogens is 2. The Labute approximate surface area is 306 Å². The fraction of sp³-hybridized carbons (Fsp3) is 0.535. The van der Waals surface area contributed by atoms with E-state index in [4.69, 9.17) is 14.2 Å². The molecule has 2 aromatic heterocycles. The van der Waals surface area contributed by atoms with Crippen LogP contribution in [0.15, 0.2) is 48.0 Å². The van der Waals surface area contributed by atoms with E-state index in [2.05, 4.69) is 83.1 Å². The van der Waals surface area contributed by atoms with Crippen LogP contribution in [-0.2, 0) is 37.3 Å². The normalized spacial score (nSPS) is 33.2. The first-order valence-corrected chi connectivity index (χ1v) is 19.3. The summed E-state index contributed by atoms with van der Waals surface area (Å²) < 4.78 is 17.6. The lowest BCUT2D eigenvalue weighted by Gasteiger charge is -2.57. The maximum atomic E-state index is 14.2. The number of carbonyl (C=O) groups is 2. The number of para-hydroxylation sites is 1. The van der Waals surface area contributed by atoms with Crippen molar-refractivity contribution in [2.24, 2.45) is 23.7 Å². The van der Waals surface area contributed by atoms with Gasteiger partial charge in [0.1, 0.15) is 11.2 Å². The van der Waals surface area contributed by atoms with Gasteiger partial charge in [0, 0.05) is 76.4 Å². The zero-order chi connectivity index (χ0) is 36.1. The molecule has 1 saturated carbocycles. The van der Waals surface area contributed by atoms with Gasteiger partial charge in [0.05, 0.1) is 27.2 Å². The van der Waals surface area contributed by atoms with Crippen LogP contribution in [0.5, 0.6) is 5.75 Å². The Balaban J connectivity index is 1.27. The topological polar surface area (TPSA) is 99.9 Å². The van der Waals surface area contributed by atoms with E-state index in [9.17, 15) is 9.59 Å². The Hall–Kier alpha value is -4.08. The first-order chi connectivity index (χ1) is 25.3. The monoisotopic (exact) mass is 704 g/mol. The van der Waals surface area contributed by atoms with E-state index in [1.807, 2.05) is 0 Å². The molecule has 4 aliphatic heterocycles. The third kappa shape index (κ3) is 4.67. The largest absolute Gasteiger partial charge is 0.496 e. The number of esters is 2. The molecule has 3 saturated heterocycles. The molecule has 6 heterocycles. The van der Waals surface area contributed by atoms with Crippen LogP contribution in [0.1, 0.15) is 73.5 Å². The minimum Gasteiger partial charge on any atom is -0.496 e. The fourth-order valence-corrected chi connectivity index (χ4v) is 12.1. The number of methoxy groups -OCH3 is 3. The molecule has 4 aromatic rings. The highest BCUT2D eigenvalue weighted by Gasteiger charge is 2.62. The van der Waals surface area contributed by atoms with Gasteiger partial charge < -0.3 is 24.2 Å². The average molecular weight is 705 g/mol. The van der Waals surface area contributed by atoms with Gasteiger partial charge in [0.15, 0.2) is 0 Å². The van der Waals surface area contributed by atoms with Gasteiger partial charge >= 0.3 is 11.9 Å². The van der Waals surface area contributed by atoms with Crippen molar-refractivity contribution in [2.75, 3.05) is 48.0 Å². The molecule has 6 aliphatic rings. The highest BCUT2D eigenvalue weighted by atomic mass is 16.5. The molecule has 9 atom stereocenters. The van der Waals surface area contributed by atoms with Crippen molar-refractivity contribution >= 4 is 33.7 Å². The second kappa shape index (κ2) is 12.5. The minimum atomic E-state index is -0.725. The number of H-pyrrole nitrogens is 2. The van der Waals surface area contributed by atoms with Gasteiger partial charge in [-0.1, -0.05) is 43.2 Å². The standard InChI is InChI=1S/C43H52N4O5/c1-7-24-15-23-20-43(42(49)52-6)39-27(13-14-47(21-23)40(24)43)29-19-36(50-4)30(17-34(29)45-39)31-16-28-25(8-2)22-46(3)35(37(28)41(48)51-5)18-32-26-11-9-10-12-33(26)44-38(31)32/h8-12,17,19,23-24,28,31,35,37,40,44-45H,7,13-16,18,20-22H2,1-6H3/b25-8-/t23?,24-,28+,31+,35?,37?,40-,43+/m0/s1. The molecule has 274 valence electrons. The maximum absolute atomic E-state index is 14.2. The number of hydrogen-bond donors (Lipinski definition) is 2. The van der Waals surface area contributed by atoms with E-state index >= 15 is 0 Å². The van der Waals surface area contributed by atoms with Crippen molar-refractivity contribution in [3.63, 3.8) is 0 Å². The van der Waals surface area contributed by atoms with Crippen molar-refractivity contribution in [3.05, 3.63) is 76.1 Å². The molecule has 0 spiro atoms. The smallest absolute Gasteiger partial charge is 0.319 e. The number of piperidine rings is 3. The van der Waals surface area contributed by atoms with Crippen molar-refractivity contribution in [1.82, 2.24) is 19.8 Å². The maximum Gasteiger partial charge on any atom is 0.319 e. The molecule has 10 rings (SSSR count). The van der Waals surface area contributed by atoms with Crippen molar-refractivity contribution < 1.29 is 23.8 Å². The average Bonchev–Trinajstić information content (AvgIpc) is 3.69. The summed E-state index contributed by atoms with van der Waals surface area (Å²) >= 11 is 0. The Kier molecular flexibility index (Phi) is 8.12. The molecule has 4 unspecified atom stereocenters. The zero-order valence-corrected chi connectivity index (χ0v) is 31.4. The Morgan fingerprint density at radius 1 is 1.02 bits per heavy atom. The second-order valence-electron chi connectivity index (χ2n) is 16.3. The molecule has 2 N–H and O–H groups in total. The quantitative estimate of drug-likeness (QED) is 0.181. The summed E-state index contributed by atoms with van der Waals surface area (Å²) in [5, 5.41) is 2.32. The molecule has 9 heteroatoms. The van der Waals surface area contributed by atoms with Crippen LogP contribution in [-0.4, -0.2) is 91.8 Å². The lowest BCUT2D eigenvalue weighted by molar-refractivity contribution is -0.162. The molecule has 52 heavy (non-hydrogen) atoms. The predicted octanol–water partition coefficient (Wildman–Crippen LogP) is 6.49. The summed E-state index contributed by atoms with van der Waals surface area (Å²) in [6.45, 7) is 7.17. The highest BCUT2D eigenvalue weighted by molar-refractivity contribution is 5.93. The summed E-state index contributed by atoms with van der Waals surface area (Å²) in [5.41, 5.74) is 8.48. The predicted molar refractivity (Wildman–Crippen MR) is 202 cm³/mol. The minimum absolute atomic E-state index is 0.00122. The molecule has 0 radical (unpaired) electrons. The highest BCUT2D eigenvalue weighted by Crippen LogP contribution is 2.56. The van der Waals surface area contributed by atoms with E-state index in [0.717, 1.165) is 85.2 Å². The number of benzene rings is 2. The van der Waals surface area contributed by atoms with Gasteiger partial charge in [-0.2, -0.15) is 0 Å². The number of aromatic amines is 2. The number of carbonyl (C=O) groups excluding carboxylic acids is 2. The summed E-state index contributed by atoms with van der Waals surface area (Å²) in [6.07, 6.45) is 7.59. The SMILES string of the molecule is C/C=C1/CN(C)C2Cc3c([nH]c4ccccc34)[C@@H](c3cc4[nH]c5c(c4cc3OC)CCN3CC4C[C@H](CC)[C@H]3[C@@]5(C(=O)OC)C4)C[C@H]1C2C(=O)OC. The van der Waals surface area contributed by atoms with Crippen molar-refractivity contribution in [2.45, 2.75) is 75.8 Å². The van der Waals surface area contributed by atoms with Crippen molar-refractivity contribution in [1.29, 1.82) is 0 Å². The van der Waals surface area contributed by atoms with Crippen LogP contribution in [0.3, 0.4) is 0 Å². The van der Waals surface area contributed by atoms with E-state index in [-0.39, 0.29) is 41.8 Å². The second-order valence-corrected chi connectivity index (χ2v) is 16.3. The van der Waals surface area contributed by atoms with Crippen molar-refractivity contribution in [3.8, 4) is 5.75 Å². The van der Waals surface area contributed by atoms with Gasteiger partial charge in [-0.3, -0.25) is 19.4 Å². The lowest BCUT2D eigenvalue weighted by atomic mass is 9.56. The Morgan fingerprint density at radius 3 is 2.60 bits per heavy atom. The number of nitrogens with one attached hydrogen (secondary N) is 2. The van der Waals surface area contributed by atoms with E-state index in [1.54, 1.807) is 14.2 Å². The number of ether oxygens (including phenoxy) is 3. The van der Waals surface area contributed by atoms with Gasteiger partial charge in [-0.05, 0) is 93.2 Å². The van der Waals surface area contributed by atoms with E-state index in [0.29, 0.717) is 11.8 Å². The summed E-state index contributed by atoms with van der Waals surface area (Å²) in [4.78, 5) is 40.8. The number of nitrogens with zero attached hydrogens (tertiary/aromatic N) is 2. The molecule has 2 aromatic carbocycles. The lowest BCUT2D eigenvalue weighted by Crippen LogP contribution is -2.67. The molecular formula is C43H52N4O5. The third-order valence-electron chi connectivity index (χ3n) is 14.1. The number of allylic oxidation sites excluding steroid dienone is 1. The first kappa shape index (κ1) is 33.7. The van der Waals surface area contributed by atoms with E-state index < -0.39 is 5.41 Å². The number of likely N-dealkylation sites (N-methyl/N-ethyl adjacent to an activating group) is 1. The first-order valence-electron chi connectivity index (χ1n) is 19.3. The molecule has 0 amide bonds. The Morgan fingerprint density at radius 2 is 1.85 bits per heavy atom. The van der Waals surface area contributed by atoms with Crippen LogP contribution < -0.4 is 4.74 Å². The zero-order valence-electron chi connectivity index (χ0n) is 31.4. The van der Waals surface area contributed by atoms with Gasteiger partial charge in [-0.15, -0.1) is 0 Å². The van der Waals surface area contributed by atoms with Crippen LogP contribution in [0, 0.1) is 23.7 Å². The third-order valence-corrected chi connectivity index (χ3v) is 14.1. The van der Waals surface area contributed by atoms with Gasteiger partial charge in [0.2, 0.25) is 0 Å². The van der Waals surface area contributed by atoms with Crippen LogP contribution in [0.25, 0.3) is 21.8 Å².